The highest BCUT2D eigenvalue weighted by atomic mass is 32.5. The number of rotatable bonds is 7. The molecule has 1 aromatic heterocycles. The van der Waals surface area contributed by atoms with Crippen LogP contribution < -0.4 is 10.1 Å². The van der Waals surface area contributed by atoms with Gasteiger partial charge >= 0.3 is 10.2 Å². The fraction of sp³-hybridized carbons (Fsp3) is 0.150. The molecule has 0 amide bonds. The van der Waals surface area contributed by atoms with E-state index < -0.39 is 37.2 Å². The van der Waals surface area contributed by atoms with Crippen molar-refractivity contribution in [3.63, 3.8) is 0 Å². The SMILES string of the molecule is C=S(C)Cc1cc(Nc2ncc(F)c(-c3ccc(F)cc3OC)n2)cc(S(F)(F)(F)(F)F)c1. The van der Waals surface area contributed by atoms with Crippen LogP contribution in [0.3, 0.4) is 0 Å². The van der Waals surface area contributed by atoms with Crippen LogP contribution in [0.4, 0.5) is 39.8 Å². The number of aromatic nitrogens is 2. The van der Waals surface area contributed by atoms with Crippen molar-refractivity contribution in [2.75, 3.05) is 18.7 Å². The third-order valence-corrected chi connectivity index (χ3v) is 6.20. The third kappa shape index (κ3) is 6.16. The highest BCUT2D eigenvalue weighted by molar-refractivity contribution is 8.45. The van der Waals surface area contributed by atoms with Gasteiger partial charge in [-0.3, -0.25) is 0 Å². The summed E-state index contributed by atoms with van der Waals surface area (Å²) in [5.74, 6) is 1.74. The molecule has 0 aliphatic heterocycles. The summed E-state index contributed by atoms with van der Waals surface area (Å²) in [6.45, 7) is 0. The highest BCUT2D eigenvalue weighted by Crippen LogP contribution is 3.02. The normalized spacial score (nSPS) is 14.8. The third-order valence-electron chi connectivity index (χ3n) is 4.24. The lowest BCUT2D eigenvalue weighted by Gasteiger charge is -2.41. The molecule has 33 heavy (non-hydrogen) atoms. The quantitative estimate of drug-likeness (QED) is 0.260. The Balaban J connectivity index is 2.09. The second-order valence-corrected chi connectivity index (χ2v) is 11.4. The summed E-state index contributed by atoms with van der Waals surface area (Å²) in [5, 5.41) is 2.42. The van der Waals surface area contributed by atoms with Crippen LogP contribution in [0, 0.1) is 11.6 Å². The first-order chi connectivity index (χ1) is 15.1. The molecule has 4 nitrogen and oxygen atoms in total. The second kappa shape index (κ2) is 7.90. The lowest BCUT2D eigenvalue weighted by atomic mass is 10.1. The molecular weight excluding hydrogens is 495 g/mol. The van der Waals surface area contributed by atoms with E-state index in [9.17, 15) is 28.2 Å². The molecule has 3 rings (SSSR count). The summed E-state index contributed by atoms with van der Waals surface area (Å²) in [5.41, 5.74) is -0.673. The second-order valence-electron chi connectivity index (χ2n) is 7.12. The molecule has 0 spiro atoms. The van der Waals surface area contributed by atoms with E-state index in [2.05, 4.69) is 21.2 Å². The average Bonchev–Trinajstić information content (AvgIpc) is 2.67. The summed E-state index contributed by atoms with van der Waals surface area (Å²) in [7, 11) is -9.38. The largest absolute Gasteiger partial charge is 0.496 e. The maximum atomic E-state index is 14.4. The van der Waals surface area contributed by atoms with Gasteiger partial charge in [-0.15, -0.1) is 0 Å². The Morgan fingerprint density at radius 2 is 1.76 bits per heavy atom. The van der Waals surface area contributed by atoms with Gasteiger partial charge in [0.25, 0.3) is 0 Å². The molecule has 180 valence electrons. The first kappa shape index (κ1) is 24.8. The Bertz CT molecular complexity index is 1250. The van der Waals surface area contributed by atoms with Crippen LogP contribution in [0.5, 0.6) is 5.75 Å². The van der Waals surface area contributed by atoms with Crippen molar-refractivity contribution >= 4 is 38.2 Å². The molecule has 3 aromatic rings. The molecule has 1 unspecified atom stereocenters. The lowest BCUT2D eigenvalue weighted by Crippen LogP contribution is -2.08. The zero-order valence-corrected chi connectivity index (χ0v) is 18.9. The van der Waals surface area contributed by atoms with E-state index in [1.165, 1.54) is 19.2 Å². The Hall–Kier alpha value is -2.80. The van der Waals surface area contributed by atoms with Crippen molar-refractivity contribution in [1.82, 2.24) is 9.97 Å². The van der Waals surface area contributed by atoms with E-state index in [0.717, 1.165) is 18.3 Å². The predicted molar refractivity (Wildman–Crippen MR) is 119 cm³/mol. The van der Waals surface area contributed by atoms with Gasteiger partial charge < -0.3 is 10.1 Å². The molecule has 1 atom stereocenters. The van der Waals surface area contributed by atoms with Crippen molar-refractivity contribution in [2.45, 2.75) is 10.6 Å². The Labute approximate surface area is 187 Å². The van der Waals surface area contributed by atoms with E-state index in [1.807, 2.05) is 0 Å². The van der Waals surface area contributed by atoms with Crippen molar-refractivity contribution in [3.8, 4) is 17.0 Å². The minimum Gasteiger partial charge on any atom is -0.496 e. The van der Waals surface area contributed by atoms with Crippen LogP contribution >= 0.6 is 20.7 Å². The molecule has 2 aromatic carbocycles. The number of hydrogen-bond acceptors (Lipinski definition) is 4. The van der Waals surface area contributed by atoms with Crippen LogP contribution in [-0.2, 0) is 5.75 Å². The molecule has 0 bridgehead atoms. The lowest BCUT2D eigenvalue weighted by molar-refractivity contribution is 0.364. The molecule has 0 aliphatic rings. The molecule has 0 saturated carbocycles. The van der Waals surface area contributed by atoms with Crippen LogP contribution in [-0.4, -0.2) is 29.2 Å². The number of hydrogen-bond donors (Lipinski definition) is 1. The zero-order chi connectivity index (χ0) is 24.7. The van der Waals surface area contributed by atoms with E-state index in [-0.39, 0.29) is 46.0 Å². The van der Waals surface area contributed by atoms with Crippen LogP contribution in [0.2, 0.25) is 0 Å². The fourth-order valence-corrected chi connectivity index (χ4v) is 4.39. The Kier molecular flexibility index (Phi) is 5.95. The smallest absolute Gasteiger partial charge is 0.310 e. The summed E-state index contributed by atoms with van der Waals surface area (Å²) in [4.78, 5) is 5.51. The van der Waals surface area contributed by atoms with Crippen molar-refractivity contribution in [2.24, 2.45) is 0 Å². The van der Waals surface area contributed by atoms with Crippen LogP contribution in [0.15, 0.2) is 47.5 Å². The molecule has 1 heterocycles. The summed E-state index contributed by atoms with van der Waals surface area (Å²) in [6.07, 6.45) is 2.38. The average molecular weight is 514 g/mol. The molecule has 0 saturated heterocycles. The molecule has 0 aliphatic carbocycles. The Morgan fingerprint density at radius 3 is 2.36 bits per heavy atom. The standard InChI is InChI=1S/C20H18F7N3OS2/c1-31-18-8-13(21)4-5-16(18)19-17(22)10-28-20(30-19)29-14-6-12(11-32(2)3)7-15(9-14)33(23,24,25,26)27/h4-10H,2,11H2,1,3H3,(H,28,29,30). The highest BCUT2D eigenvalue weighted by Gasteiger charge is 2.65. The predicted octanol–water partition coefficient (Wildman–Crippen LogP) is 7.66. The molecular formula is C20H18F7N3OS2. The van der Waals surface area contributed by atoms with E-state index in [4.69, 9.17) is 4.74 Å². The first-order valence-electron chi connectivity index (χ1n) is 8.99. The van der Waals surface area contributed by atoms with Gasteiger partial charge in [-0.2, -0.15) is 10.5 Å². The van der Waals surface area contributed by atoms with Gasteiger partial charge in [0.1, 0.15) is 22.2 Å². The fourth-order valence-electron chi connectivity index (χ4n) is 2.93. The molecule has 13 heteroatoms. The van der Waals surface area contributed by atoms with Gasteiger partial charge in [-0.05, 0) is 42.2 Å². The number of ether oxygens (including phenoxy) is 1. The van der Waals surface area contributed by atoms with Gasteiger partial charge in [0, 0.05) is 23.1 Å². The van der Waals surface area contributed by atoms with E-state index >= 15 is 0 Å². The molecule has 1 N–H and O–H groups in total. The van der Waals surface area contributed by atoms with Gasteiger partial charge in [0.05, 0.1) is 13.3 Å². The first-order valence-corrected chi connectivity index (χ1v) is 12.9. The van der Waals surface area contributed by atoms with Crippen LogP contribution in [0.1, 0.15) is 5.56 Å². The summed E-state index contributed by atoms with van der Waals surface area (Å²) >= 11 is 0. The zero-order valence-electron chi connectivity index (χ0n) is 17.2. The van der Waals surface area contributed by atoms with Crippen molar-refractivity contribution < 1.29 is 32.9 Å². The van der Waals surface area contributed by atoms with E-state index in [0.29, 0.717) is 6.07 Å². The number of nitrogens with one attached hydrogen (secondary N) is 1. The van der Waals surface area contributed by atoms with Gasteiger partial charge in [-0.25, -0.2) is 18.7 Å². The van der Waals surface area contributed by atoms with Gasteiger partial charge in [0.15, 0.2) is 5.82 Å². The number of benzene rings is 2. The number of halogens is 7. The van der Waals surface area contributed by atoms with Gasteiger partial charge in [-0.1, -0.05) is 25.3 Å². The maximum Gasteiger partial charge on any atom is 0.310 e. The maximum absolute atomic E-state index is 14.4. The monoisotopic (exact) mass is 513 g/mol. The summed E-state index contributed by atoms with van der Waals surface area (Å²) in [6, 6.07) is 5.10. The van der Waals surface area contributed by atoms with Gasteiger partial charge in [0.2, 0.25) is 5.95 Å². The number of nitrogens with zero attached hydrogens (tertiary/aromatic N) is 2. The van der Waals surface area contributed by atoms with Crippen molar-refractivity contribution in [3.05, 3.63) is 59.8 Å². The molecule has 0 radical (unpaired) electrons. The minimum absolute atomic E-state index is 0.0216. The minimum atomic E-state index is -9.99. The number of anilines is 2. The van der Waals surface area contributed by atoms with E-state index in [1.54, 1.807) is 6.26 Å². The molecule has 0 fully saturated rings. The van der Waals surface area contributed by atoms with Crippen molar-refractivity contribution in [1.29, 1.82) is 0 Å². The topological polar surface area (TPSA) is 47.0 Å². The van der Waals surface area contributed by atoms with Crippen LogP contribution in [0.25, 0.3) is 11.3 Å². The summed E-state index contributed by atoms with van der Waals surface area (Å²) < 4.78 is 100. The Morgan fingerprint density at radius 1 is 1.06 bits per heavy atom. The number of methoxy groups -OCH3 is 1.